The van der Waals surface area contributed by atoms with Crippen LogP contribution in [0.3, 0.4) is 0 Å². The second-order valence-electron chi connectivity index (χ2n) is 9.68. The smallest absolute Gasteiger partial charge is 0.266 e. The van der Waals surface area contributed by atoms with Gasteiger partial charge in [-0.05, 0) is 101 Å². The highest BCUT2D eigenvalue weighted by Gasteiger charge is 2.16. The largest absolute Gasteiger partial charge is 0.493 e. The Morgan fingerprint density at radius 2 is 1.65 bits per heavy atom. The van der Waals surface area contributed by atoms with Crippen LogP contribution in [0.15, 0.2) is 88.9 Å². The Hall–Kier alpha value is -4.74. The van der Waals surface area contributed by atoms with Crippen molar-refractivity contribution in [3.8, 4) is 29.1 Å². The molecular formula is C35H33BrN2O5. The maximum Gasteiger partial charge on any atom is 0.266 e. The Morgan fingerprint density at radius 1 is 0.884 bits per heavy atom. The van der Waals surface area contributed by atoms with Crippen LogP contribution in [0.25, 0.3) is 6.08 Å². The van der Waals surface area contributed by atoms with Crippen molar-refractivity contribution >= 4 is 33.6 Å². The lowest BCUT2D eigenvalue weighted by atomic mass is 10.1. The summed E-state index contributed by atoms with van der Waals surface area (Å²) in [7, 11) is 1.60. The van der Waals surface area contributed by atoms with Gasteiger partial charge in [-0.25, -0.2) is 0 Å². The SMILES string of the molecule is CCOc1cc(/C=C(/C#N)C(=O)Nc2cccc(C)c2C)cc(Br)c1OCc1ccc(OCc2ccccc2)c(OC)c1. The zero-order chi connectivity index (χ0) is 30.8. The van der Waals surface area contributed by atoms with E-state index in [1.54, 1.807) is 19.2 Å². The molecule has 1 N–H and O–H groups in total. The van der Waals surface area contributed by atoms with Crippen molar-refractivity contribution < 1.29 is 23.7 Å². The Kier molecular flexibility index (Phi) is 10.8. The van der Waals surface area contributed by atoms with E-state index < -0.39 is 5.91 Å². The number of hydrogen-bond acceptors (Lipinski definition) is 6. The number of carbonyl (C=O) groups excluding carboxylic acids is 1. The van der Waals surface area contributed by atoms with Crippen molar-refractivity contribution in [2.75, 3.05) is 19.0 Å². The summed E-state index contributed by atoms with van der Waals surface area (Å²) in [6.07, 6.45) is 1.52. The summed E-state index contributed by atoms with van der Waals surface area (Å²) < 4.78 is 24.2. The summed E-state index contributed by atoms with van der Waals surface area (Å²) in [4.78, 5) is 12.9. The van der Waals surface area contributed by atoms with Gasteiger partial charge < -0.3 is 24.3 Å². The van der Waals surface area contributed by atoms with E-state index in [2.05, 4.69) is 21.2 Å². The van der Waals surface area contributed by atoms with E-state index in [0.29, 0.717) is 51.9 Å². The third kappa shape index (κ3) is 8.18. The molecule has 43 heavy (non-hydrogen) atoms. The number of carbonyl (C=O) groups is 1. The van der Waals surface area contributed by atoms with Crippen molar-refractivity contribution in [2.24, 2.45) is 0 Å². The Balaban J connectivity index is 1.50. The van der Waals surface area contributed by atoms with Crippen molar-refractivity contribution in [3.63, 3.8) is 0 Å². The van der Waals surface area contributed by atoms with Gasteiger partial charge in [-0.15, -0.1) is 0 Å². The van der Waals surface area contributed by atoms with Crippen LogP contribution in [-0.4, -0.2) is 19.6 Å². The number of hydrogen-bond donors (Lipinski definition) is 1. The van der Waals surface area contributed by atoms with Crippen LogP contribution >= 0.6 is 15.9 Å². The van der Waals surface area contributed by atoms with Gasteiger partial charge in [0.25, 0.3) is 5.91 Å². The molecule has 220 valence electrons. The van der Waals surface area contributed by atoms with Crippen LogP contribution in [0.1, 0.15) is 34.7 Å². The Labute approximate surface area is 260 Å². The molecule has 0 aromatic heterocycles. The molecule has 0 aliphatic heterocycles. The molecule has 4 aromatic rings. The Bertz CT molecular complexity index is 1660. The molecule has 0 saturated heterocycles. The first-order valence-corrected chi connectivity index (χ1v) is 14.5. The highest BCUT2D eigenvalue weighted by molar-refractivity contribution is 9.10. The van der Waals surface area contributed by atoms with Gasteiger partial charge in [-0.2, -0.15) is 5.26 Å². The van der Waals surface area contributed by atoms with Crippen LogP contribution in [0.4, 0.5) is 5.69 Å². The molecule has 1 amide bonds. The number of anilines is 1. The number of rotatable bonds is 12. The first-order chi connectivity index (χ1) is 20.8. The summed E-state index contributed by atoms with van der Waals surface area (Å²) in [6.45, 7) is 6.84. The van der Waals surface area contributed by atoms with Gasteiger partial charge in [0, 0.05) is 5.69 Å². The second kappa shape index (κ2) is 14.9. The normalized spacial score (nSPS) is 10.9. The highest BCUT2D eigenvalue weighted by atomic mass is 79.9. The summed E-state index contributed by atoms with van der Waals surface area (Å²) in [6, 6.07) is 26.8. The minimum atomic E-state index is -0.490. The van der Waals surface area contributed by atoms with E-state index in [4.69, 9.17) is 18.9 Å². The molecule has 0 spiro atoms. The van der Waals surface area contributed by atoms with E-state index in [1.165, 1.54) is 6.08 Å². The molecule has 7 nitrogen and oxygen atoms in total. The van der Waals surface area contributed by atoms with E-state index in [0.717, 1.165) is 22.3 Å². The fourth-order valence-corrected chi connectivity index (χ4v) is 4.85. The fraction of sp³-hybridized carbons (Fsp3) is 0.200. The highest BCUT2D eigenvalue weighted by Crippen LogP contribution is 2.39. The number of nitriles is 1. The predicted molar refractivity (Wildman–Crippen MR) is 172 cm³/mol. The minimum absolute atomic E-state index is 0.0365. The number of nitrogens with one attached hydrogen (secondary N) is 1. The maximum absolute atomic E-state index is 12.9. The van der Waals surface area contributed by atoms with Crippen molar-refractivity contribution in [1.82, 2.24) is 0 Å². The number of halogens is 1. The molecule has 0 aliphatic rings. The van der Waals surface area contributed by atoms with Gasteiger partial charge in [-0.3, -0.25) is 4.79 Å². The maximum atomic E-state index is 12.9. The molecular weight excluding hydrogens is 608 g/mol. The average Bonchev–Trinajstić information content (AvgIpc) is 3.01. The molecule has 0 bridgehead atoms. The molecule has 0 saturated carbocycles. The zero-order valence-corrected chi connectivity index (χ0v) is 26.2. The van der Waals surface area contributed by atoms with Crippen LogP contribution in [-0.2, 0) is 18.0 Å². The van der Waals surface area contributed by atoms with Crippen molar-refractivity contribution in [3.05, 3.63) is 117 Å². The van der Waals surface area contributed by atoms with Crippen molar-refractivity contribution in [1.29, 1.82) is 5.26 Å². The van der Waals surface area contributed by atoms with Crippen LogP contribution in [0.5, 0.6) is 23.0 Å². The average molecular weight is 642 g/mol. The monoisotopic (exact) mass is 640 g/mol. The molecule has 0 unspecified atom stereocenters. The van der Waals surface area contributed by atoms with E-state index in [9.17, 15) is 10.1 Å². The molecule has 0 atom stereocenters. The molecule has 0 aliphatic carbocycles. The summed E-state index contributed by atoms with van der Waals surface area (Å²) in [5.74, 6) is 1.73. The quantitative estimate of drug-likeness (QED) is 0.124. The fourth-order valence-electron chi connectivity index (χ4n) is 4.28. The third-order valence-electron chi connectivity index (χ3n) is 6.71. The van der Waals surface area contributed by atoms with Crippen molar-refractivity contribution in [2.45, 2.75) is 34.0 Å². The predicted octanol–water partition coefficient (Wildman–Crippen LogP) is 8.18. The van der Waals surface area contributed by atoms with Gasteiger partial charge in [-0.1, -0.05) is 48.5 Å². The number of aryl methyl sites for hydroxylation is 1. The second-order valence-corrected chi connectivity index (χ2v) is 10.5. The minimum Gasteiger partial charge on any atom is -0.493 e. The summed E-state index contributed by atoms with van der Waals surface area (Å²) in [5, 5.41) is 12.6. The van der Waals surface area contributed by atoms with Gasteiger partial charge in [0.1, 0.15) is 24.9 Å². The number of methoxy groups -OCH3 is 1. The van der Waals surface area contributed by atoms with E-state index in [1.807, 2.05) is 93.6 Å². The first-order valence-electron chi connectivity index (χ1n) is 13.7. The molecule has 0 fully saturated rings. The molecule has 4 aromatic carbocycles. The molecule has 8 heteroatoms. The van der Waals surface area contributed by atoms with Gasteiger partial charge in [0.05, 0.1) is 18.2 Å². The summed E-state index contributed by atoms with van der Waals surface area (Å²) in [5.41, 5.74) is 5.17. The lowest BCUT2D eigenvalue weighted by molar-refractivity contribution is -0.112. The molecule has 4 rings (SSSR count). The van der Waals surface area contributed by atoms with E-state index >= 15 is 0 Å². The first kappa shape index (κ1) is 31.2. The van der Waals surface area contributed by atoms with Crippen LogP contribution < -0.4 is 24.3 Å². The zero-order valence-electron chi connectivity index (χ0n) is 24.6. The van der Waals surface area contributed by atoms with E-state index in [-0.39, 0.29) is 12.2 Å². The topological polar surface area (TPSA) is 89.8 Å². The Morgan fingerprint density at radius 3 is 2.37 bits per heavy atom. The van der Waals surface area contributed by atoms with Crippen LogP contribution in [0.2, 0.25) is 0 Å². The number of nitrogens with zero attached hydrogens (tertiary/aromatic N) is 1. The number of benzene rings is 4. The van der Waals surface area contributed by atoms with Gasteiger partial charge in [0.2, 0.25) is 0 Å². The van der Waals surface area contributed by atoms with Gasteiger partial charge >= 0.3 is 0 Å². The lowest BCUT2D eigenvalue weighted by Crippen LogP contribution is -2.14. The number of amides is 1. The summed E-state index contributed by atoms with van der Waals surface area (Å²) >= 11 is 3.58. The molecule has 0 heterocycles. The lowest BCUT2D eigenvalue weighted by Gasteiger charge is -2.16. The number of ether oxygens (including phenoxy) is 4. The third-order valence-corrected chi connectivity index (χ3v) is 7.30. The van der Waals surface area contributed by atoms with Gasteiger partial charge in [0.15, 0.2) is 23.0 Å². The molecule has 0 radical (unpaired) electrons. The standard InChI is InChI=1S/C35H33BrN2O5/c1-5-41-33-19-27(16-28(20-37)35(39)38-30-13-9-10-23(2)24(30)3)17-29(36)34(33)43-22-26-14-15-31(32(18-26)40-4)42-21-25-11-7-6-8-12-25/h6-19H,5,21-22H2,1-4H3,(H,38,39)/b28-16-. The van der Waals surface area contributed by atoms with Crippen LogP contribution in [0, 0.1) is 25.2 Å².